The maximum Gasteiger partial charge on any atom is 0.244 e. The molecule has 2 aromatic carbocycles. The first-order valence-corrected chi connectivity index (χ1v) is 10.2. The van der Waals surface area contributed by atoms with E-state index in [-0.39, 0.29) is 17.9 Å². The molecule has 0 bridgehead atoms. The Morgan fingerprint density at radius 2 is 1.80 bits per heavy atom. The van der Waals surface area contributed by atoms with E-state index in [2.05, 4.69) is 35.4 Å². The fourth-order valence-electron chi connectivity index (χ4n) is 3.28. The van der Waals surface area contributed by atoms with E-state index in [1.54, 1.807) is 25.3 Å². The van der Waals surface area contributed by atoms with E-state index in [1.165, 1.54) is 13.0 Å². The van der Waals surface area contributed by atoms with Crippen LogP contribution in [0.1, 0.15) is 37.9 Å². The van der Waals surface area contributed by atoms with E-state index in [9.17, 15) is 9.59 Å². The summed E-state index contributed by atoms with van der Waals surface area (Å²) in [5, 5.41) is 5.73. The number of nitrogens with one attached hydrogen (secondary N) is 2. The first-order chi connectivity index (χ1) is 14.5. The van der Waals surface area contributed by atoms with Gasteiger partial charge in [0.05, 0.1) is 13.2 Å². The van der Waals surface area contributed by atoms with Crippen molar-refractivity contribution in [1.29, 1.82) is 0 Å². The zero-order valence-electron chi connectivity index (χ0n) is 18.1. The first-order valence-electron chi connectivity index (χ1n) is 10.2. The number of carbonyl (C=O) groups excluding carboxylic acids is 2. The maximum atomic E-state index is 12.4. The molecule has 2 aromatic rings. The van der Waals surface area contributed by atoms with Crippen molar-refractivity contribution in [1.82, 2.24) is 10.2 Å². The van der Waals surface area contributed by atoms with Gasteiger partial charge in [0.25, 0.3) is 0 Å². The fraction of sp³-hybridized carbons (Fsp3) is 0.333. The van der Waals surface area contributed by atoms with E-state index in [4.69, 9.17) is 4.74 Å². The zero-order chi connectivity index (χ0) is 21.9. The van der Waals surface area contributed by atoms with Crippen LogP contribution in [0.15, 0.2) is 54.6 Å². The molecular weight excluding hydrogens is 378 g/mol. The molecular formula is C24H31N3O3. The number of methoxy groups -OCH3 is 1. The molecule has 2 amide bonds. The molecule has 2 rings (SSSR count). The number of hydrogen-bond donors (Lipinski definition) is 2. The van der Waals surface area contributed by atoms with Crippen LogP contribution in [-0.4, -0.2) is 43.5 Å². The summed E-state index contributed by atoms with van der Waals surface area (Å²) in [5.74, 6) is 0.538. The summed E-state index contributed by atoms with van der Waals surface area (Å²) < 4.78 is 5.35. The van der Waals surface area contributed by atoms with E-state index in [0.717, 1.165) is 35.7 Å². The third-order valence-corrected chi connectivity index (χ3v) is 4.86. The van der Waals surface area contributed by atoms with Gasteiger partial charge in [-0.3, -0.25) is 14.5 Å². The van der Waals surface area contributed by atoms with Crippen molar-refractivity contribution in [2.45, 2.75) is 26.8 Å². The summed E-state index contributed by atoms with van der Waals surface area (Å²) in [6.45, 7) is 7.95. The molecule has 30 heavy (non-hydrogen) atoms. The lowest BCUT2D eigenvalue weighted by molar-refractivity contribution is -0.116. The fourth-order valence-corrected chi connectivity index (χ4v) is 3.28. The molecule has 0 aliphatic rings. The number of ether oxygens (including phenoxy) is 1. The summed E-state index contributed by atoms with van der Waals surface area (Å²) in [5.41, 5.74) is 2.72. The van der Waals surface area contributed by atoms with Crippen molar-refractivity contribution in [3.63, 3.8) is 0 Å². The van der Waals surface area contributed by atoms with Crippen LogP contribution in [0.2, 0.25) is 0 Å². The third-order valence-electron chi connectivity index (χ3n) is 4.86. The Labute approximate surface area is 178 Å². The number of benzene rings is 2. The van der Waals surface area contributed by atoms with E-state index < -0.39 is 0 Å². The average Bonchev–Trinajstić information content (AvgIpc) is 2.75. The second-order valence-electron chi connectivity index (χ2n) is 6.90. The second kappa shape index (κ2) is 11.8. The van der Waals surface area contributed by atoms with Gasteiger partial charge in [0, 0.05) is 25.2 Å². The Bertz CT molecular complexity index is 858. The number of rotatable bonds is 10. The Morgan fingerprint density at radius 1 is 1.10 bits per heavy atom. The molecule has 0 spiro atoms. The predicted molar refractivity (Wildman–Crippen MR) is 121 cm³/mol. The van der Waals surface area contributed by atoms with E-state index in [1.807, 2.05) is 30.3 Å². The Hall–Kier alpha value is -3.12. The average molecular weight is 410 g/mol. The topological polar surface area (TPSA) is 70.7 Å². The van der Waals surface area contributed by atoms with Crippen LogP contribution in [0.3, 0.4) is 0 Å². The van der Waals surface area contributed by atoms with Gasteiger partial charge < -0.3 is 15.4 Å². The lowest BCUT2D eigenvalue weighted by Crippen LogP contribution is -2.37. The standard InChI is InChI=1S/C24H31N3O3/c1-5-27(6-2)23(20-8-7-9-22(16-20)30-4)17-25-24(29)15-12-19-10-13-21(14-11-19)26-18(3)28/h7-16,23H,5-6,17H2,1-4H3,(H,25,29)(H,26,28)/b15-12+. The molecule has 1 unspecified atom stereocenters. The molecule has 0 fully saturated rings. The van der Waals surface area contributed by atoms with Crippen LogP contribution >= 0.6 is 0 Å². The van der Waals surface area contributed by atoms with Crippen LogP contribution in [0.25, 0.3) is 6.08 Å². The molecule has 2 N–H and O–H groups in total. The highest BCUT2D eigenvalue weighted by atomic mass is 16.5. The van der Waals surface area contributed by atoms with Crippen LogP contribution in [0.5, 0.6) is 5.75 Å². The molecule has 6 nitrogen and oxygen atoms in total. The number of anilines is 1. The van der Waals surface area contributed by atoms with Gasteiger partial charge in [0.15, 0.2) is 0 Å². The molecule has 0 saturated carbocycles. The molecule has 6 heteroatoms. The normalized spacial score (nSPS) is 12.0. The molecule has 1 atom stereocenters. The minimum absolute atomic E-state index is 0.0596. The summed E-state index contributed by atoms with van der Waals surface area (Å²) in [7, 11) is 1.65. The third kappa shape index (κ3) is 7.04. The molecule has 0 radical (unpaired) electrons. The van der Waals surface area contributed by atoms with Crippen LogP contribution < -0.4 is 15.4 Å². The van der Waals surface area contributed by atoms with Crippen molar-refractivity contribution in [2.75, 3.05) is 32.1 Å². The summed E-state index contributed by atoms with van der Waals surface area (Å²) in [6.07, 6.45) is 3.28. The monoisotopic (exact) mass is 409 g/mol. The molecule has 160 valence electrons. The van der Waals surface area contributed by atoms with Crippen molar-refractivity contribution < 1.29 is 14.3 Å². The molecule has 0 aliphatic carbocycles. The Balaban J connectivity index is 2.02. The van der Waals surface area contributed by atoms with Gasteiger partial charge in [0.1, 0.15) is 5.75 Å². The van der Waals surface area contributed by atoms with Gasteiger partial charge in [-0.1, -0.05) is 38.1 Å². The smallest absolute Gasteiger partial charge is 0.244 e. The van der Waals surface area contributed by atoms with Crippen LogP contribution in [0.4, 0.5) is 5.69 Å². The quantitative estimate of drug-likeness (QED) is 0.585. The highest BCUT2D eigenvalue weighted by Crippen LogP contribution is 2.23. The van der Waals surface area contributed by atoms with Crippen LogP contribution in [0, 0.1) is 0 Å². The van der Waals surface area contributed by atoms with Crippen molar-refractivity contribution in [2.24, 2.45) is 0 Å². The number of likely N-dealkylation sites (N-methyl/N-ethyl adjacent to an activating group) is 1. The summed E-state index contributed by atoms with van der Waals surface area (Å²) in [6, 6.07) is 15.3. The first kappa shape index (κ1) is 23.2. The molecule has 0 heterocycles. The van der Waals surface area contributed by atoms with Crippen LogP contribution in [-0.2, 0) is 9.59 Å². The lowest BCUT2D eigenvalue weighted by atomic mass is 10.0. The molecule has 0 aliphatic heterocycles. The Kier molecular flexibility index (Phi) is 9.09. The highest BCUT2D eigenvalue weighted by molar-refractivity contribution is 5.92. The zero-order valence-corrected chi connectivity index (χ0v) is 18.1. The minimum Gasteiger partial charge on any atom is -0.497 e. The second-order valence-corrected chi connectivity index (χ2v) is 6.90. The number of carbonyl (C=O) groups is 2. The van der Waals surface area contributed by atoms with Gasteiger partial charge in [0.2, 0.25) is 11.8 Å². The minimum atomic E-state index is -0.152. The highest BCUT2D eigenvalue weighted by Gasteiger charge is 2.19. The predicted octanol–water partition coefficient (Wildman–Crippen LogP) is 3.87. The van der Waals surface area contributed by atoms with Crippen molar-refractivity contribution in [3.8, 4) is 5.75 Å². The van der Waals surface area contributed by atoms with Crippen molar-refractivity contribution >= 4 is 23.6 Å². The lowest BCUT2D eigenvalue weighted by Gasteiger charge is -2.30. The molecule has 0 aromatic heterocycles. The number of nitrogens with zero attached hydrogens (tertiary/aromatic N) is 1. The SMILES string of the molecule is CCN(CC)C(CNC(=O)/C=C/c1ccc(NC(C)=O)cc1)c1cccc(OC)c1. The van der Waals surface area contributed by atoms with E-state index in [0.29, 0.717) is 6.54 Å². The number of amides is 2. The maximum absolute atomic E-state index is 12.4. The summed E-state index contributed by atoms with van der Waals surface area (Å²) in [4.78, 5) is 25.8. The van der Waals surface area contributed by atoms with Crippen molar-refractivity contribution in [3.05, 3.63) is 65.7 Å². The molecule has 0 saturated heterocycles. The Morgan fingerprint density at radius 3 is 2.40 bits per heavy atom. The van der Waals surface area contributed by atoms with Gasteiger partial charge in [-0.2, -0.15) is 0 Å². The van der Waals surface area contributed by atoms with Gasteiger partial charge >= 0.3 is 0 Å². The van der Waals surface area contributed by atoms with Gasteiger partial charge in [-0.05, 0) is 54.6 Å². The summed E-state index contributed by atoms with van der Waals surface area (Å²) >= 11 is 0. The van der Waals surface area contributed by atoms with Gasteiger partial charge in [-0.15, -0.1) is 0 Å². The van der Waals surface area contributed by atoms with Gasteiger partial charge in [-0.25, -0.2) is 0 Å². The van der Waals surface area contributed by atoms with E-state index >= 15 is 0 Å². The number of hydrogen-bond acceptors (Lipinski definition) is 4. The largest absolute Gasteiger partial charge is 0.497 e.